The number of carbonyl (C=O) groups excluding carboxylic acids is 1. The number of nitrogens with zero attached hydrogens (tertiary/aromatic N) is 1. The molecule has 0 radical (unpaired) electrons. The maximum atomic E-state index is 13.1. The summed E-state index contributed by atoms with van der Waals surface area (Å²) in [5.41, 5.74) is 8.17. The second-order valence-corrected chi connectivity index (χ2v) is 12.9. The normalized spacial score (nSPS) is 11.2. The lowest BCUT2D eigenvalue weighted by Gasteiger charge is -2.20. The molecular formula is C39H43N3O2S. The van der Waals surface area contributed by atoms with Gasteiger partial charge in [-0.3, -0.25) is 4.79 Å². The van der Waals surface area contributed by atoms with Crippen LogP contribution < -0.4 is 10.1 Å². The number of imidazole rings is 1. The zero-order chi connectivity index (χ0) is 31.6. The van der Waals surface area contributed by atoms with Gasteiger partial charge in [0.05, 0.1) is 18.0 Å². The lowest BCUT2D eigenvalue weighted by Crippen LogP contribution is -2.16. The average molecular weight is 618 g/mol. The highest BCUT2D eigenvalue weighted by atomic mass is 32.2. The molecular weight excluding hydrogens is 575 g/mol. The highest BCUT2D eigenvalue weighted by Gasteiger charge is 2.17. The Morgan fingerprint density at radius 3 is 2.00 bits per heavy atom. The van der Waals surface area contributed by atoms with Gasteiger partial charge in [-0.15, -0.1) is 0 Å². The number of benzene rings is 4. The van der Waals surface area contributed by atoms with Crippen LogP contribution in [0.5, 0.6) is 5.75 Å². The maximum absolute atomic E-state index is 13.1. The monoisotopic (exact) mass is 617 g/mol. The fourth-order valence-electron chi connectivity index (χ4n) is 5.36. The molecule has 1 aromatic heterocycles. The Kier molecular flexibility index (Phi) is 11.2. The van der Waals surface area contributed by atoms with Gasteiger partial charge in [0.15, 0.2) is 5.16 Å². The number of anilines is 1. The molecule has 0 aliphatic rings. The summed E-state index contributed by atoms with van der Waals surface area (Å²) in [5, 5.41) is 4.14. The minimum absolute atomic E-state index is 0.0996. The van der Waals surface area contributed by atoms with Gasteiger partial charge in [-0.25, -0.2) is 4.98 Å². The zero-order valence-electron chi connectivity index (χ0n) is 26.7. The highest BCUT2D eigenvalue weighted by molar-refractivity contribution is 7.99. The number of aromatic amines is 1. The minimum Gasteiger partial charge on any atom is -0.494 e. The molecule has 0 aliphatic carbocycles. The molecule has 0 saturated heterocycles. The number of H-pyrrole nitrogens is 1. The maximum Gasteiger partial charge on any atom is 0.255 e. The molecule has 0 fully saturated rings. The first-order valence-electron chi connectivity index (χ1n) is 15.9. The topological polar surface area (TPSA) is 67.0 Å². The molecule has 0 atom stereocenters. The molecule has 6 heteroatoms. The summed E-state index contributed by atoms with van der Waals surface area (Å²) in [4.78, 5) is 21.7. The molecule has 2 N–H and O–H groups in total. The van der Waals surface area contributed by atoms with Crippen LogP contribution in [0, 0.1) is 0 Å². The van der Waals surface area contributed by atoms with Crippen molar-refractivity contribution in [3.8, 4) is 28.3 Å². The molecule has 0 unspecified atom stereocenters. The predicted molar refractivity (Wildman–Crippen MR) is 189 cm³/mol. The van der Waals surface area contributed by atoms with E-state index in [2.05, 4.69) is 105 Å². The van der Waals surface area contributed by atoms with Crippen LogP contribution >= 0.6 is 11.8 Å². The Hall–Kier alpha value is -4.29. The quantitative estimate of drug-likeness (QED) is 0.0961. The molecule has 5 aromatic rings. The van der Waals surface area contributed by atoms with Crippen LogP contribution in [0.1, 0.15) is 80.3 Å². The van der Waals surface area contributed by atoms with Crippen molar-refractivity contribution in [3.05, 3.63) is 120 Å². The van der Waals surface area contributed by atoms with Crippen molar-refractivity contribution in [1.82, 2.24) is 9.97 Å². The van der Waals surface area contributed by atoms with E-state index in [0.717, 1.165) is 75.3 Å². The van der Waals surface area contributed by atoms with Crippen LogP contribution in [0.25, 0.3) is 22.5 Å². The van der Waals surface area contributed by atoms with Crippen LogP contribution in [0.3, 0.4) is 0 Å². The van der Waals surface area contributed by atoms with Gasteiger partial charge in [0.1, 0.15) is 5.75 Å². The molecule has 0 spiro atoms. The second-order valence-electron chi connectivity index (χ2n) is 11.9. The van der Waals surface area contributed by atoms with E-state index in [0.29, 0.717) is 24.0 Å². The molecule has 45 heavy (non-hydrogen) atoms. The van der Waals surface area contributed by atoms with Gasteiger partial charge in [0.25, 0.3) is 5.91 Å². The number of rotatable bonds is 14. The number of aromatic nitrogens is 2. The third kappa shape index (κ3) is 8.46. The molecule has 1 amide bonds. The first-order chi connectivity index (χ1) is 21.9. The third-order valence-corrected chi connectivity index (χ3v) is 8.78. The Morgan fingerprint density at radius 1 is 0.756 bits per heavy atom. The minimum atomic E-state index is -0.0996. The summed E-state index contributed by atoms with van der Waals surface area (Å²) >= 11 is 1.76. The van der Waals surface area contributed by atoms with E-state index in [9.17, 15) is 4.79 Å². The Balaban J connectivity index is 1.08. The van der Waals surface area contributed by atoms with E-state index >= 15 is 0 Å². The number of hydrogen-bond acceptors (Lipinski definition) is 4. The number of hydrogen-bond donors (Lipinski definition) is 2. The summed E-state index contributed by atoms with van der Waals surface area (Å²) < 4.78 is 5.99. The van der Waals surface area contributed by atoms with Crippen molar-refractivity contribution in [2.24, 2.45) is 0 Å². The van der Waals surface area contributed by atoms with Crippen LogP contribution in [-0.4, -0.2) is 28.2 Å². The lowest BCUT2D eigenvalue weighted by atomic mass is 9.92. The van der Waals surface area contributed by atoms with Gasteiger partial charge in [-0.1, -0.05) is 118 Å². The van der Waals surface area contributed by atoms with Gasteiger partial charge >= 0.3 is 0 Å². The zero-order valence-corrected chi connectivity index (χ0v) is 27.5. The summed E-state index contributed by atoms with van der Waals surface area (Å²) in [6.07, 6.45) is 3.11. The molecule has 5 nitrogen and oxygen atoms in total. The summed E-state index contributed by atoms with van der Waals surface area (Å²) in [6, 6.07) is 34.4. The number of carbonyl (C=O) groups is 1. The van der Waals surface area contributed by atoms with Crippen LogP contribution in [-0.2, 0) is 0 Å². The van der Waals surface area contributed by atoms with Crippen LogP contribution in [0.2, 0.25) is 0 Å². The van der Waals surface area contributed by atoms with Gasteiger partial charge in [-0.2, -0.15) is 0 Å². The third-order valence-electron chi connectivity index (χ3n) is 7.82. The van der Waals surface area contributed by atoms with Gasteiger partial charge in [0, 0.05) is 28.1 Å². The molecule has 5 rings (SSSR count). The Morgan fingerprint density at radius 2 is 1.38 bits per heavy atom. The van der Waals surface area contributed by atoms with E-state index in [4.69, 9.17) is 9.72 Å². The number of thioether (sulfide) groups is 1. The standard InChI is InChI=1S/C39H43N3O2S/c1-27(2)33-19-14-20-34(28(3)4)37(33)40-38(43)31-21-23-32(24-22-31)44-25-12-7-13-26-45-39-41-35(29-15-8-5-9-16-29)36(42-39)30-17-10-6-11-18-30/h5-6,8-11,14-24,27-28H,7,12-13,25-26H2,1-4H3,(H,40,43)(H,41,42). The smallest absolute Gasteiger partial charge is 0.255 e. The first kappa shape index (κ1) is 32.1. The fourth-order valence-corrected chi connectivity index (χ4v) is 6.23. The Labute approximate surface area is 271 Å². The van der Waals surface area contributed by atoms with Crippen molar-refractivity contribution in [3.63, 3.8) is 0 Å². The van der Waals surface area contributed by atoms with E-state index in [1.807, 2.05) is 36.4 Å². The molecule has 232 valence electrons. The molecule has 4 aromatic carbocycles. The van der Waals surface area contributed by atoms with E-state index < -0.39 is 0 Å². The number of para-hydroxylation sites is 1. The molecule has 0 saturated carbocycles. The second kappa shape index (κ2) is 15.6. The molecule has 1 heterocycles. The molecule has 0 bridgehead atoms. The number of amides is 1. The average Bonchev–Trinajstić information content (AvgIpc) is 3.49. The molecule has 0 aliphatic heterocycles. The van der Waals surface area contributed by atoms with Crippen LogP contribution in [0.15, 0.2) is 108 Å². The van der Waals surface area contributed by atoms with Gasteiger partial charge in [0.2, 0.25) is 0 Å². The first-order valence-corrected chi connectivity index (χ1v) is 16.9. The fraction of sp³-hybridized carbons (Fsp3) is 0.282. The van der Waals surface area contributed by atoms with Crippen molar-refractivity contribution >= 4 is 23.4 Å². The van der Waals surface area contributed by atoms with Crippen molar-refractivity contribution in [1.29, 1.82) is 0 Å². The van der Waals surface area contributed by atoms with Crippen LogP contribution in [0.4, 0.5) is 5.69 Å². The van der Waals surface area contributed by atoms with Crippen molar-refractivity contribution in [2.75, 3.05) is 17.7 Å². The predicted octanol–water partition coefficient (Wildman–Crippen LogP) is 10.6. The number of unbranched alkanes of at least 4 members (excludes halogenated alkanes) is 2. The van der Waals surface area contributed by atoms with E-state index in [1.54, 1.807) is 11.8 Å². The van der Waals surface area contributed by atoms with E-state index in [-0.39, 0.29) is 5.91 Å². The summed E-state index contributed by atoms with van der Waals surface area (Å²) in [5.74, 6) is 2.30. The van der Waals surface area contributed by atoms with Crippen molar-refractivity contribution in [2.45, 2.75) is 63.9 Å². The number of ether oxygens (including phenoxy) is 1. The SMILES string of the molecule is CC(C)c1cccc(C(C)C)c1NC(=O)c1ccc(OCCCCCSc2nc(-c3ccccc3)c(-c3ccccc3)[nH]2)cc1. The largest absolute Gasteiger partial charge is 0.494 e. The van der Waals surface area contributed by atoms with Gasteiger partial charge < -0.3 is 15.0 Å². The summed E-state index contributed by atoms with van der Waals surface area (Å²) in [7, 11) is 0. The summed E-state index contributed by atoms with van der Waals surface area (Å²) in [6.45, 7) is 9.27. The lowest BCUT2D eigenvalue weighted by molar-refractivity contribution is 0.102. The van der Waals surface area contributed by atoms with Gasteiger partial charge in [-0.05, 0) is 66.5 Å². The number of nitrogens with one attached hydrogen (secondary N) is 2. The van der Waals surface area contributed by atoms with E-state index in [1.165, 1.54) is 0 Å². The Bertz CT molecular complexity index is 1580. The highest BCUT2D eigenvalue weighted by Crippen LogP contribution is 2.34. The van der Waals surface area contributed by atoms with Crippen molar-refractivity contribution < 1.29 is 9.53 Å².